The second-order valence-electron chi connectivity index (χ2n) is 7.12. The lowest BCUT2D eigenvalue weighted by Gasteiger charge is -2.32. The van der Waals surface area contributed by atoms with Crippen molar-refractivity contribution >= 4 is 23.2 Å². The normalized spacial score (nSPS) is 15.9. The van der Waals surface area contributed by atoms with E-state index in [2.05, 4.69) is 29.6 Å². The predicted octanol–water partition coefficient (Wildman–Crippen LogP) is 1.93. The Labute approximate surface area is 170 Å². The molecule has 150 valence electrons. The molecule has 2 aromatic carbocycles. The Bertz CT molecular complexity index is 788. The number of nitrogens with one attached hydrogen (secondary N) is 2. The summed E-state index contributed by atoms with van der Waals surface area (Å²) in [5, 5.41) is 2.99. The minimum Gasteiger partial charge on any atom is -0.378 e. The Morgan fingerprint density at radius 1 is 1.21 bits per heavy atom. The molecule has 0 unspecified atom stereocenters. The number of anilines is 1. The van der Waals surface area contributed by atoms with E-state index < -0.39 is 11.7 Å². The van der Waals surface area contributed by atoms with Gasteiger partial charge < -0.3 is 19.9 Å². The molecule has 3 rings (SSSR count). The Morgan fingerprint density at radius 3 is 2.50 bits per heavy atom. The number of benzene rings is 2. The van der Waals surface area contributed by atoms with Crippen molar-refractivity contribution in [3.8, 4) is 0 Å². The standard InChI is InChI=1S/C21H25ClFN3O2/c1-25(2)16-8-6-15(7-9-16)19(26-10-12-28-13-11-26)14-24-21(27)20-17(22)4-3-5-18(20)23/h3-9,19H,10-14H2,1-2H3,(H,24,27)/p+1/t19-/m1/s1. The highest BCUT2D eigenvalue weighted by atomic mass is 35.5. The highest BCUT2D eigenvalue weighted by Gasteiger charge is 2.27. The van der Waals surface area contributed by atoms with Gasteiger partial charge in [-0.2, -0.15) is 0 Å². The van der Waals surface area contributed by atoms with Crippen LogP contribution in [0.15, 0.2) is 42.5 Å². The van der Waals surface area contributed by atoms with Crippen molar-refractivity contribution in [3.63, 3.8) is 0 Å². The van der Waals surface area contributed by atoms with E-state index >= 15 is 0 Å². The first-order valence-corrected chi connectivity index (χ1v) is 9.77. The Balaban J connectivity index is 1.78. The largest absolute Gasteiger partial charge is 0.378 e. The first-order valence-electron chi connectivity index (χ1n) is 9.39. The van der Waals surface area contributed by atoms with Gasteiger partial charge in [0.15, 0.2) is 0 Å². The molecular formula is C21H26ClFN3O2+. The van der Waals surface area contributed by atoms with Crippen molar-refractivity contribution in [1.29, 1.82) is 0 Å². The summed E-state index contributed by atoms with van der Waals surface area (Å²) in [6.07, 6.45) is 0. The van der Waals surface area contributed by atoms with Crippen LogP contribution >= 0.6 is 11.6 Å². The molecule has 1 aliphatic rings. The number of halogens is 2. The van der Waals surface area contributed by atoms with Crippen LogP contribution in [0, 0.1) is 5.82 Å². The van der Waals surface area contributed by atoms with Gasteiger partial charge in [0, 0.05) is 25.3 Å². The van der Waals surface area contributed by atoms with E-state index in [1.54, 1.807) is 0 Å². The molecule has 0 radical (unpaired) electrons. The molecule has 2 aromatic rings. The Morgan fingerprint density at radius 2 is 1.89 bits per heavy atom. The van der Waals surface area contributed by atoms with Gasteiger partial charge in [-0.25, -0.2) is 4.39 Å². The molecule has 1 aliphatic heterocycles. The van der Waals surface area contributed by atoms with E-state index in [1.807, 2.05) is 19.0 Å². The minimum absolute atomic E-state index is 0.0506. The lowest BCUT2D eigenvalue weighted by molar-refractivity contribution is -0.937. The van der Waals surface area contributed by atoms with Crippen LogP contribution in [-0.4, -0.2) is 52.9 Å². The first-order chi connectivity index (χ1) is 13.5. The molecule has 0 bridgehead atoms. The molecule has 0 saturated carbocycles. The van der Waals surface area contributed by atoms with Crippen LogP contribution < -0.4 is 15.1 Å². The second kappa shape index (κ2) is 9.37. The topological polar surface area (TPSA) is 46.0 Å². The monoisotopic (exact) mass is 406 g/mol. The van der Waals surface area contributed by atoms with Gasteiger partial charge in [-0.3, -0.25) is 4.79 Å². The molecule has 1 heterocycles. The first kappa shape index (κ1) is 20.6. The van der Waals surface area contributed by atoms with E-state index in [4.69, 9.17) is 16.3 Å². The lowest BCUT2D eigenvalue weighted by atomic mass is 10.0. The van der Waals surface area contributed by atoms with Gasteiger partial charge in [-0.05, 0) is 24.3 Å². The molecule has 0 aromatic heterocycles. The SMILES string of the molecule is CN(C)c1ccc([C@@H](CNC(=O)c2c(F)cccc2Cl)[NH+]2CCOCC2)cc1. The van der Waals surface area contributed by atoms with Crippen molar-refractivity contribution < 1.29 is 18.8 Å². The molecule has 1 saturated heterocycles. The van der Waals surface area contributed by atoms with Gasteiger partial charge in [0.05, 0.1) is 30.3 Å². The van der Waals surface area contributed by atoms with Gasteiger partial charge in [-0.15, -0.1) is 0 Å². The van der Waals surface area contributed by atoms with Crippen molar-refractivity contribution in [2.24, 2.45) is 0 Å². The summed E-state index contributed by atoms with van der Waals surface area (Å²) in [6.45, 7) is 3.48. The number of quaternary nitrogens is 1. The summed E-state index contributed by atoms with van der Waals surface area (Å²) in [4.78, 5) is 16.0. The smallest absolute Gasteiger partial charge is 0.256 e. The predicted molar refractivity (Wildman–Crippen MR) is 109 cm³/mol. The number of morpholine rings is 1. The zero-order valence-corrected chi connectivity index (χ0v) is 16.9. The van der Waals surface area contributed by atoms with E-state index in [1.165, 1.54) is 23.1 Å². The van der Waals surface area contributed by atoms with E-state index in [0.29, 0.717) is 19.8 Å². The van der Waals surface area contributed by atoms with Crippen LogP contribution in [-0.2, 0) is 4.74 Å². The fourth-order valence-corrected chi connectivity index (χ4v) is 3.73. The average molecular weight is 407 g/mol. The number of hydrogen-bond acceptors (Lipinski definition) is 3. The number of carbonyl (C=O) groups is 1. The van der Waals surface area contributed by atoms with E-state index in [-0.39, 0.29) is 16.6 Å². The number of rotatable bonds is 6. The van der Waals surface area contributed by atoms with Crippen LogP contribution in [0.4, 0.5) is 10.1 Å². The minimum atomic E-state index is -0.615. The second-order valence-corrected chi connectivity index (χ2v) is 7.52. The highest BCUT2D eigenvalue weighted by molar-refractivity contribution is 6.33. The van der Waals surface area contributed by atoms with E-state index in [9.17, 15) is 9.18 Å². The molecule has 7 heteroatoms. The van der Waals surface area contributed by atoms with Gasteiger partial charge in [0.1, 0.15) is 24.9 Å². The molecular weight excluding hydrogens is 381 g/mol. The number of hydrogen-bond donors (Lipinski definition) is 2. The number of ether oxygens (including phenoxy) is 1. The molecule has 5 nitrogen and oxygen atoms in total. The van der Waals surface area contributed by atoms with Crippen LogP contribution in [0.5, 0.6) is 0 Å². The molecule has 1 amide bonds. The third-order valence-corrected chi connectivity index (χ3v) is 5.41. The number of amides is 1. The van der Waals surface area contributed by atoms with Crippen molar-refractivity contribution in [3.05, 3.63) is 64.4 Å². The zero-order valence-electron chi connectivity index (χ0n) is 16.2. The van der Waals surface area contributed by atoms with Gasteiger partial charge in [-0.1, -0.05) is 29.8 Å². The van der Waals surface area contributed by atoms with Crippen LogP contribution in [0.2, 0.25) is 5.02 Å². The number of carbonyl (C=O) groups excluding carboxylic acids is 1. The maximum Gasteiger partial charge on any atom is 0.256 e. The molecule has 1 fully saturated rings. The fourth-order valence-electron chi connectivity index (χ4n) is 3.48. The molecule has 0 spiro atoms. The van der Waals surface area contributed by atoms with Gasteiger partial charge >= 0.3 is 0 Å². The number of nitrogens with zero attached hydrogens (tertiary/aromatic N) is 1. The third kappa shape index (κ3) is 4.82. The summed E-state index contributed by atoms with van der Waals surface area (Å²) in [7, 11) is 4.00. The lowest BCUT2D eigenvalue weighted by Crippen LogP contribution is -3.15. The van der Waals surface area contributed by atoms with Crippen molar-refractivity contribution in [1.82, 2.24) is 5.32 Å². The Hall–Kier alpha value is -2.15. The summed E-state index contributed by atoms with van der Waals surface area (Å²) in [6, 6.07) is 12.6. The molecule has 0 aliphatic carbocycles. The van der Waals surface area contributed by atoms with Crippen LogP contribution in [0.3, 0.4) is 0 Å². The molecule has 2 N–H and O–H groups in total. The van der Waals surface area contributed by atoms with Gasteiger partial charge in [0.25, 0.3) is 5.91 Å². The summed E-state index contributed by atoms with van der Waals surface area (Å²) < 4.78 is 19.5. The molecule has 28 heavy (non-hydrogen) atoms. The summed E-state index contributed by atoms with van der Waals surface area (Å²) in [5.41, 5.74) is 2.13. The maximum atomic E-state index is 14.1. The van der Waals surface area contributed by atoms with Crippen molar-refractivity contribution in [2.75, 3.05) is 51.8 Å². The van der Waals surface area contributed by atoms with Crippen LogP contribution in [0.1, 0.15) is 22.0 Å². The third-order valence-electron chi connectivity index (χ3n) is 5.10. The highest BCUT2D eigenvalue weighted by Crippen LogP contribution is 2.20. The zero-order chi connectivity index (χ0) is 20.1. The molecule has 1 atom stereocenters. The summed E-state index contributed by atoms with van der Waals surface area (Å²) in [5.74, 6) is -1.11. The van der Waals surface area contributed by atoms with E-state index in [0.717, 1.165) is 24.3 Å². The fraction of sp³-hybridized carbons (Fsp3) is 0.381. The average Bonchev–Trinajstić information content (AvgIpc) is 2.69. The Kier molecular flexibility index (Phi) is 6.88. The van der Waals surface area contributed by atoms with Gasteiger partial charge in [0.2, 0.25) is 0 Å². The van der Waals surface area contributed by atoms with Crippen LogP contribution in [0.25, 0.3) is 0 Å². The summed E-state index contributed by atoms with van der Waals surface area (Å²) >= 11 is 6.03. The quantitative estimate of drug-likeness (QED) is 0.770. The maximum absolute atomic E-state index is 14.1. The van der Waals surface area contributed by atoms with Crippen molar-refractivity contribution in [2.45, 2.75) is 6.04 Å².